The van der Waals surface area contributed by atoms with E-state index in [1.165, 1.54) is 40.8 Å². The van der Waals surface area contributed by atoms with E-state index < -0.39 is 17.4 Å². The lowest BCUT2D eigenvalue weighted by Gasteiger charge is -2.42. The molecule has 2 aliphatic rings. The number of fused-ring (bicyclic) bond motifs is 5. The van der Waals surface area contributed by atoms with E-state index >= 15 is 4.39 Å². The maximum Gasteiger partial charge on any atom is 0.283 e. The molecule has 0 aliphatic carbocycles. The molecule has 11 nitrogen and oxygen atoms in total. The number of amides is 2. The van der Waals surface area contributed by atoms with Crippen molar-refractivity contribution in [2.24, 2.45) is 0 Å². The second-order valence-corrected chi connectivity index (χ2v) is 11.7. The van der Waals surface area contributed by atoms with Crippen molar-refractivity contribution >= 4 is 45.8 Å². The number of carbonyl (C=O) groups excluding carboxylic acids is 2. The van der Waals surface area contributed by atoms with Crippen LogP contribution in [0.2, 0.25) is 5.02 Å². The highest BCUT2D eigenvalue weighted by atomic mass is 35.5. The highest BCUT2D eigenvalue weighted by Crippen LogP contribution is 2.44. The molecule has 6 rings (SSSR count). The van der Waals surface area contributed by atoms with Crippen LogP contribution in [-0.2, 0) is 9.59 Å². The number of aromatic nitrogens is 3. The monoisotopic (exact) mass is 620 g/mol. The molecule has 2 amide bonds. The Bertz CT molecular complexity index is 1910. The number of phenolic OH excluding ortho intramolecular Hbond substituents is 1. The SMILES string of the molecule is C=CC(=O)N1CCN2c3c(c(=O)n(-c4c(C)noc4C(C)C)c4nc(-c5c(O)cccc5F)c(Cl)cc34)N(C)C(=O)C[C@H]2C1. The zero-order valence-electron chi connectivity index (χ0n) is 24.6. The van der Waals surface area contributed by atoms with Gasteiger partial charge in [-0.15, -0.1) is 0 Å². The molecule has 4 aromatic rings. The standard InChI is InChI=1S/C31H30ClFN6O5/c1-6-22(41)37-10-11-38-17(14-37)12-23(42)36(5)28-27(38)18-13-19(32)25(24-20(33)8-7-9-21(24)40)34-30(18)39(31(28)43)26-16(4)35-44-29(26)15(2)3/h6-9,13,15,17,40H,1,10-12,14H2,2-5H3/t17-/m0/s1. The Morgan fingerprint density at radius 2 is 1.98 bits per heavy atom. The van der Waals surface area contributed by atoms with Crippen LogP contribution in [0.5, 0.6) is 5.75 Å². The van der Waals surface area contributed by atoms with Gasteiger partial charge in [-0.3, -0.25) is 19.0 Å². The Hall–Kier alpha value is -4.71. The number of phenols is 1. The van der Waals surface area contributed by atoms with Crippen molar-refractivity contribution in [3.63, 3.8) is 0 Å². The second-order valence-electron chi connectivity index (χ2n) is 11.3. The van der Waals surface area contributed by atoms with E-state index in [-0.39, 0.29) is 64.1 Å². The molecule has 13 heteroatoms. The van der Waals surface area contributed by atoms with E-state index in [2.05, 4.69) is 11.7 Å². The number of halogens is 2. The molecule has 2 aliphatic heterocycles. The quantitative estimate of drug-likeness (QED) is 0.330. The van der Waals surface area contributed by atoms with Crippen LogP contribution in [0.25, 0.3) is 28.0 Å². The van der Waals surface area contributed by atoms with Crippen molar-refractivity contribution in [1.29, 1.82) is 0 Å². The molecule has 1 fully saturated rings. The van der Waals surface area contributed by atoms with Crippen molar-refractivity contribution in [3.8, 4) is 22.7 Å². The number of anilines is 2. The fourth-order valence-electron chi connectivity index (χ4n) is 6.13. The highest BCUT2D eigenvalue weighted by molar-refractivity contribution is 6.34. The predicted molar refractivity (Wildman–Crippen MR) is 164 cm³/mol. The summed E-state index contributed by atoms with van der Waals surface area (Å²) in [5.41, 5.74) is 0.517. The molecule has 228 valence electrons. The third-order valence-electron chi connectivity index (χ3n) is 8.26. The number of aromatic hydroxyl groups is 1. The van der Waals surface area contributed by atoms with Gasteiger partial charge in [-0.1, -0.05) is 43.3 Å². The molecule has 3 aromatic heterocycles. The average Bonchev–Trinajstić information content (AvgIpc) is 3.32. The average molecular weight is 621 g/mol. The lowest BCUT2D eigenvalue weighted by molar-refractivity contribution is -0.127. The summed E-state index contributed by atoms with van der Waals surface area (Å²) in [6, 6.07) is 4.97. The van der Waals surface area contributed by atoms with Crippen LogP contribution in [0.1, 0.15) is 37.6 Å². The van der Waals surface area contributed by atoms with Gasteiger partial charge in [0, 0.05) is 44.4 Å². The molecule has 0 spiro atoms. The third-order valence-corrected chi connectivity index (χ3v) is 8.55. The van der Waals surface area contributed by atoms with Gasteiger partial charge >= 0.3 is 0 Å². The number of aryl methyl sites for hydroxylation is 1. The van der Waals surface area contributed by atoms with Crippen molar-refractivity contribution in [2.45, 2.75) is 39.2 Å². The van der Waals surface area contributed by atoms with Gasteiger partial charge in [0.2, 0.25) is 11.8 Å². The number of rotatable bonds is 4. The third kappa shape index (κ3) is 4.43. The number of carbonyl (C=O) groups is 2. The maximum absolute atomic E-state index is 15.1. The van der Waals surface area contributed by atoms with Crippen LogP contribution < -0.4 is 15.4 Å². The normalized spacial score (nSPS) is 16.8. The van der Waals surface area contributed by atoms with E-state index in [0.717, 1.165) is 0 Å². The number of hydrogen-bond acceptors (Lipinski definition) is 8. The number of nitrogens with zero attached hydrogens (tertiary/aromatic N) is 6. The van der Waals surface area contributed by atoms with E-state index in [9.17, 15) is 19.5 Å². The maximum atomic E-state index is 15.1. The zero-order valence-corrected chi connectivity index (χ0v) is 25.4. The summed E-state index contributed by atoms with van der Waals surface area (Å²) in [5, 5.41) is 15.2. The van der Waals surface area contributed by atoms with Gasteiger partial charge < -0.3 is 24.3 Å². The molecular formula is C31H30ClFN6O5. The van der Waals surface area contributed by atoms with Crippen molar-refractivity contribution in [3.05, 3.63) is 69.6 Å². The molecule has 1 N–H and O–H groups in total. The fourth-order valence-corrected chi connectivity index (χ4v) is 6.37. The lowest BCUT2D eigenvalue weighted by Crippen LogP contribution is -2.55. The summed E-state index contributed by atoms with van der Waals surface area (Å²) >= 11 is 6.80. The van der Waals surface area contributed by atoms with Crippen LogP contribution in [0.4, 0.5) is 15.8 Å². The molecule has 0 radical (unpaired) electrons. The second kappa shape index (κ2) is 10.8. The van der Waals surface area contributed by atoms with Gasteiger partial charge in [0.05, 0.1) is 28.0 Å². The first-order valence-electron chi connectivity index (χ1n) is 14.1. The molecule has 1 saturated heterocycles. The number of benzene rings is 1. The topological polar surface area (TPSA) is 125 Å². The minimum absolute atomic E-state index is 0.0201. The summed E-state index contributed by atoms with van der Waals surface area (Å²) in [6.07, 6.45) is 1.28. The number of pyridine rings is 2. The van der Waals surface area contributed by atoms with Gasteiger partial charge in [0.1, 0.15) is 28.6 Å². The van der Waals surface area contributed by atoms with Crippen molar-refractivity contribution in [2.75, 3.05) is 36.5 Å². The van der Waals surface area contributed by atoms with Crippen molar-refractivity contribution in [1.82, 2.24) is 19.6 Å². The Labute approximate surface area is 256 Å². The van der Waals surface area contributed by atoms with E-state index in [0.29, 0.717) is 41.3 Å². The smallest absolute Gasteiger partial charge is 0.283 e. The first kappa shape index (κ1) is 29.4. The van der Waals surface area contributed by atoms with Crippen LogP contribution in [0.3, 0.4) is 0 Å². The highest BCUT2D eigenvalue weighted by Gasteiger charge is 2.40. The van der Waals surface area contributed by atoms with E-state index in [1.807, 2.05) is 18.7 Å². The van der Waals surface area contributed by atoms with Crippen LogP contribution >= 0.6 is 11.6 Å². The Morgan fingerprint density at radius 3 is 2.66 bits per heavy atom. The summed E-state index contributed by atoms with van der Waals surface area (Å²) in [6.45, 7) is 9.92. The number of piperazine rings is 1. The van der Waals surface area contributed by atoms with E-state index in [1.54, 1.807) is 17.9 Å². The molecule has 0 bridgehead atoms. The van der Waals surface area contributed by atoms with Gasteiger partial charge in [-0.05, 0) is 31.2 Å². The molecule has 0 saturated carbocycles. The first-order chi connectivity index (χ1) is 20.9. The van der Waals surface area contributed by atoms with Gasteiger partial charge in [-0.25, -0.2) is 9.37 Å². The molecule has 0 unspecified atom stereocenters. The predicted octanol–water partition coefficient (Wildman–Crippen LogP) is 4.54. The molecule has 1 aromatic carbocycles. The Kier molecular flexibility index (Phi) is 7.19. The Balaban J connectivity index is 1.75. The van der Waals surface area contributed by atoms with Gasteiger partial charge in [0.25, 0.3) is 5.56 Å². The molecule has 5 heterocycles. The zero-order chi connectivity index (χ0) is 31.6. The molecule has 1 atom stereocenters. The Morgan fingerprint density at radius 1 is 1.23 bits per heavy atom. The summed E-state index contributed by atoms with van der Waals surface area (Å²) < 4.78 is 22.1. The summed E-state index contributed by atoms with van der Waals surface area (Å²) in [4.78, 5) is 50.4. The summed E-state index contributed by atoms with van der Waals surface area (Å²) in [5.74, 6) is -1.46. The van der Waals surface area contributed by atoms with Crippen molar-refractivity contribution < 1.29 is 23.6 Å². The fraction of sp³-hybridized carbons (Fsp3) is 0.323. The van der Waals surface area contributed by atoms with Crippen LogP contribution in [0.15, 0.2) is 46.2 Å². The number of hydrogen-bond donors (Lipinski definition) is 1. The van der Waals surface area contributed by atoms with E-state index in [4.69, 9.17) is 21.1 Å². The van der Waals surface area contributed by atoms with Crippen LogP contribution in [-0.4, -0.2) is 69.3 Å². The molecular weight excluding hydrogens is 591 g/mol. The summed E-state index contributed by atoms with van der Waals surface area (Å²) in [7, 11) is 1.54. The molecule has 44 heavy (non-hydrogen) atoms. The first-order valence-corrected chi connectivity index (χ1v) is 14.5. The van der Waals surface area contributed by atoms with Gasteiger partial charge in [0.15, 0.2) is 11.4 Å². The lowest BCUT2D eigenvalue weighted by atomic mass is 10.0. The largest absolute Gasteiger partial charge is 0.507 e. The minimum Gasteiger partial charge on any atom is -0.507 e. The van der Waals surface area contributed by atoms with Gasteiger partial charge in [-0.2, -0.15) is 0 Å². The minimum atomic E-state index is -0.750. The van der Waals surface area contributed by atoms with Crippen LogP contribution in [0, 0.1) is 12.7 Å².